The molecule has 1 rings (SSSR count). The molecule has 0 spiro atoms. The largest absolute Gasteiger partial charge is 0.387 e. The third kappa shape index (κ3) is 2.58. The van der Waals surface area contributed by atoms with Gasteiger partial charge in [-0.1, -0.05) is 29.3 Å². The zero-order valence-electron chi connectivity index (χ0n) is 7.17. The molecule has 1 unspecified atom stereocenters. The summed E-state index contributed by atoms with van der Waals surface area (Å²) in [5, 5.41) is 10.6. The van der Waals surface area contributed by atoms with Gasteiger partial charge in [-0.2, -0.15) is 0 Å². The monoisotopic (exact) mass is 219 g/mol. The highest BCUT2D eigenvalue weighted by Crippen LogP contribution is 2.27. The van der Waals surface area contributed by atoms with Gasteiger partial charge in [0, 0.05) is 21.7 Å². The molecule has 4 heteroatoms. The van der Waals surface area contributed by atoms with Gasteiger partial charge in [-0.3, -0.25) is 0 Å². The van der Waals surface area contributed by atoms with Crippen LogP contribution in [0, 0.1) is 0 Å². The Balaban J connectivity index is 3.01. The van der Waals surface area contributed by atoms with E-state index in [-0.39, 0.29) is 6.04 Å². The lowest BCUT2D eigenvalue weighted by molar-refractivity contribution is 0.153. The van der Waals surface area contributed by atoms with Crippen molar-refractivity contribution < 1.29 is 5.11 Å². The molecule has 0 radical (unpaired) electrons. The Kier molecular flexibility index (Phi) is 3.56. The Morgan fingerprint density at radius 3 is 2.46 bits per heavy atom. The molecule has 0 saturated carbocycles. The lowest BCUT2D eigenvalue weighted by Crippen LogP contribution is -2.24. The fourth-order valence-electron chi connectivity index (χ4n) is 1.02. The summed E-state index contributed by atoms with van der Waals surface area (Å²) < 4.78 is 0. The number of benzene rings is 1. The highest BCUT2D eigenvalue weighted by molar-refractivity contribution is 6.35. The molecular formula is C9H11Cl2NO. The second-order valence-electron chi connectivity index (χ2n) is 2.97. The fourth-order valence-corrected chi connectivity index (χ4v) is 1.54. The maximum absolute atomic E-state index is 9.62. The summed E-state index contributed by atoms with van der Waals surface area (Å²) in [4.78, 5) is 0. The van der Waals surface area contributed by atoms with E-state index in [9.17, 15) is 5.11 Å². The first kappa shape index (κ1) is 10.8. The molecule has 0 aliphatic rings. The molecule has 0 fully saturated rings. The summed E-state index contributed by atoms with van der Waals surface area (Å²) in [6.45, 7) is 1.72. The van der Waals surface area contributed by atoms with Crippen LogP contribution in [0.2, 0.25) is 10.0 Å². The van der Waals surface area contributed by atoms with Gasteiger partial charge in [-0.25, -0.2) is 0 Å². The molecule has 13 heavy (non-hydrogen) atoms. The first-order valence-corrected chi connectivity index (χ1v) is 4.66. The normalized spacial score (nSPS) is 15.5. The van der Waals surface area contributed by atoms with Crippen LogP contribution in [0.15, 0.2) is 18.2 Å². The van der Waals surface area contributed by atoms with Gasteiger partial charge in [0.05, 0.1) is 6.10 Å². The van der Waals surface area contributed by atoms with Crippen LogP contribution in [0.3, 0.4) is 0 Å². The van der Waals surface area contributed by atoms with Gasteiger partial charge in [0.15, 0.2) is 0 Å². The van der Waals surface area contributed by atoms with Crippen molar-refractivity contribution in [2.24, 2.45) is 5.73 Å². The molecule has 72 valence electrons. The van der Waals surface area contributed by atoms with Gasteiger partial charge in [0.25, 0.3) is 0 Å². The number of nitrogens with two attached hydrogens (primary N) is 1. The molecular weight excluding hydrogens is 209 g/mol. The molecule has 0 aromatic heterocycles. The minimum absolute atomic E-state index is 0.348. The Morgan fingerprint density at radius 2 is 2.00 bits per heavy atom. The van der Waals surface area contributed by atoms with E-state index >= 15 is 0 Å². The molecule has 2 atom stereocenters. The third-order valence-corrected chi connectivity index (χ3v) is 2.34. The summed E-state index contributed by atoms with van der Waals surface area (Å²) in [6, 6.07) is 4.59. The molecule has 1 aromatic carbocycles. The van der Waals surface area contributed by atoms with Gasteiger partial charge in [0.1, 0.15) is 0 Å². The molecule has 0 saturated heterocycles. The molecule has 1 aromatic rings. The van der Waals surface area contributed by atoms with Gasteiger partial charge in [0.2, 0.25) is 0 Å². The quantitative estimate of drug-likeness (QED) is 0.803. The number of rotatable bonds is 2. The Hall–Kier alpha value is -0.280. The van der Waals surface area contributed by atoms with Crippen molar-refractivity contribution >= 4 is 23.2 Å². The predicted molar refractivity (Wildman–Crippen MR) is 55.1 cm³/mol. The topological polar surface area (TPSA) is 46.2 Å². The number of hydrogen-bond donors (Lipinski definition) is 2. The third-order valence-electron chi connectivity index (χ3n) is 1.78. The number of aliphatic hydroxyl groups excluding tert-OH is 1. The van der Waals surface area contributed by atoms with Gasteiger partial charge in [-0.15, -0.1) is 0 Å². The smallest absolute Gasteiger partial charge is 0.0952 e. The minimum atomic E-state index is -0.746. The summed E-state index contributed by atoms with van der Waals surface area (Å²) in [6.07, 6.45) is -0.746. The van der Waals surface area contributed by atoms with E-state index in [0.717, 1.165) is 0 Å². The zero-order valence-corrected chi connectivity index (χ0v) is 8.68. The molecule has 0 heterocycles. The van der Waals surface area contributed by atoms with Crippen molar-refractivity contribution in [1.29, 1.82) is 0 Å². The van der Waals surface area contributed by atoms with Gasteiger partial charge < -0.3 is 10.8 Å². The van der Waals surface area contributed by atoms with Crippen LogP contribution in [0.4, 0.5) is 0 Å². The highest BCUT2D eigenvalue weighted by atomic mass is 35.5. The fraction of sp³-hybridized carbons (Fsp3) is 0.333. The number of hydrogen-bond acceptors (Lipinski definition) is 2. The lowest BCUT2D eigenvalue weighted by atomic mass is 10.0. The van der Waals surface area contributed by atoms with Gasteiger partial charge in [-0.05, 0) is 19.1 Å². The SMILES string of the molecule is C[C@@H](N)C(O)c1ccc(Cl)cc1Cl. The van der Waals surface area contributed by atoms with Crippen molar-refractivity contribution in [3.8, 4) is 0 Å². The lowest BCUT2D eigenvalue weighted by Gasteiger charge is -2.16. The predicted octanol–water partition coefficient (Wildman–Crippen LogP) is 2.37. The van der Waals surface area contributed by atoms with Crippen molar-refractivity contribution in [3.63, 3.8) is 0 Å². The average Bonchev–Trinajstić information content (AvgIpc) is 2.03. The average molecular weight is 220 g/mol. The highest BCUT2D eigenvalue weighted by Gasteiger charge is 2.15. The Morgan fingerprint density at radius 1 is 1.38 bits per heavy atom. The van der Waals surface area contributed by atoms with Crippen LogP contribution < -0.4 is 5.73 Å². The molecule has 0 amide bonds. The summed E-state index contributed by atoms with van der Waals surface area (Å²) in [7, 11) is 0. The van der Waals surface area contributed by atoms with Crippen LogP contribution in [0.1, 0.15) is 18.6 Å². The van der Waals surface area contributed by atoms with Crippen molar-refractivity contribution in [2.75, 3.05) is 0 Å². The van der Waals surface area contributed by atoms with E-state index in [1.807, 2.05) is 0 Å². The van der Waals surface area contributed by atoms with Crippen molar-refractivity contribution in [3.05, 3.63) is 33.8 Å². The van der Waals surface area contributed by atoms with Crippen LogP contribution in [0.25, 0.3) is 0 Å². The summed E-state index contributed by atoms with van der Waals surface area (Å²) in [5.74, 6) is 0. The Bertz CT molecular complexity index is 302. The van der Waals surface area contributed by atoms with Crippen molar-refractivity contribution in [2.45, 2.75) is 19.1 Å². The van der Waals surface area contributed by atoms with Crippen LogP contribution >= 0.6 is 23.2 Å². The molecule has 0 aliphatic heterocycles. The second kappa shape index (κ2) is 4.29. The van der Waals surface area contributed by atoms with E-state index in [4.69, 9.17) is 28.9 Å². The first-order valence-electron chi connectivity index (χ1n) is 3.91. The van der Waals surface area contributed by atoms with E-state index in [2.05, 4.69) is 0 Å². The molecule has 0 bridgehead atoms. The van der Waals surface area contributed by atoms with E-state index in [1.54, 1.807) is 25.1 Å². The maximum atomic E-state index is 9.62. The zero-order chi connectivity index (χ0) is 10.0. The first-order chi connectivity index (χ1) is 6.02. The van der Waals surface area contributed by atoms with Crippen LogP contribution in [-0.2, 0) is 0 Å². The maximum Gasteiger partial charge on any atom is 0.0952 e. The molecule has 0 aliphatic carbocycles. The standard InChI is InChI=1S/C9H11Cl2NO/c1-5(12)9(13)7-3-2-6(10)4-8(7)11/h2-5,9,13H,12H2,1H3/t5-,9?/m1/s1. The van der Waals surface area contributed by atoms with E-state index < -0.39 is 6.10 Å². The summed E-state index contributed by atoms with van der Waals surface area (Å²) >= 11 is 11.6. The van der Waals surface area contributed by atoms with Crippen molar-refractivity contribution in [1.82, 2.24) is 0 Å². The summed E-state index contributed by atoms with van der Waals surface area (Å²) in [5.41, 5.74) is 6.15. The number of halogens is 2. The van der Waals surface area contributed by atoms with E-state index in [0.29, 0.717) is 15.6 Å². The second-order valence-corrected chi connectivity index (χ2v) is 3.81. The minimum Gasteiger partial charge on any atom is -0.387 e. The van der Waals surface area contributed by atoms with Crippen LogP contribution in [-0.4, -0.2) is 11.1 Å². The number of aliphatic hydroxyl groups is 1. The van der Waals surface area contributed by atoms with E-state index in [1.165, 1.54) is 0 Å². The molecule has 2 nitrogen and oxygen atoms in total. The van der Waals surface area contributed by atoms with Gasteiger partial charge >= 0.3 is 0 Å². The van der Waals surface area contributed by atoms with Crippen LogP contribution in [0.5, 0.6) is 0 Å². The Labute approximate surface area is 87.3 Å². The molecule has 3 N–H and O–H groups in total.